The molecule has 1 aliphatic heterocycles. The molecular formula is C27H29BF3N3O2. The second-order valence-electron chi connectivity index (χ2n) is 9.94. The van der Waals surface area contributed by atoms with Crippen molar-refractivity contribution >= 4 is 35.9 Å². The van der Waals surface area contributed by atoms with Gasteiger partial charge in [0.25, 0.3) is 6.43 Å². The number of aromatic nitrogens is 1. The van der Waals surface area contributed by atoms with Gasteiger partial charge in [0.2, 0.25) is 5.91 Å². The lowest BCUT2D eigenvalue weighted by Crippen LogP contribution is -2.36. The van der Waals surface area contributed by atoms with Crippen LogP contribution in [0.4, 0.5) is 18.9 Å². The number of carbonyl (C=O) groups excluding carboxylic acids is 1. The van der Waals surface area contributed by atoms with Crippen LogP contribution in [0.2, 0.25) is 0 Å². The molecule has 0 unspecified atom stereocenters. The van der Waals surface area contributed by atoms with Crippen LogP contribution in [-0.4, -0.2) is 43.8 Å². The molecule has 1 amide bonds. The highest BCUT2D eigenvalue weighted by Crippen LogP contribution is 2.40. The number of nitrogens with one attached hydrogen (secondary N) is 1. The molecule has 2 aromatic carbocycles. The van der Waals surface area contributed by atoms with Crippen molar-refractivity contribution in [2.75, 3.05) is 25.5 Å². The zero-order valence-electron chi connectivity index (χ0n) is 20.7. The van der Waals surface area contributed by atoms with Crippen LogP contribution in [0.1, 0.15) is 55.3 Å². The lowest BCUT2D eigenvalue weighted by atomic mass is 9.90. The lowest BCUT2D eigenvalue weighted by molar-refractivity contribution is -0.132. The summed E-state index contributed by atoms with van der Waals surface area (Å²) in [7, 11) is 3.54. The van der Waals surface area contributed by atoms with E-state index in [1.807, 2.05) is 37.0 Å². The van der Waals surface area contributed by atoms with Gasteiger partial charge in [-0.05, 0) is 55.5 Å². The van der Waals surface area contributed by atoms with Gasteiger partial charge in [0.1, 0.15) is 11.4 Å². The van der Waals surface area contributed by atoms with Crippen molar-refractivity contribution in [2.24, 2.45) is 5.92 Å². The van der Waals surface area contributed by atoms with Crippen molar-refractivity contribution in [1.82, 2.24) is 9.88 Å². The Bertz CT molecular complexity index is 1320. The van der Waals surface area contributed by atoms with Gasteiger partial charge in [0.15, 0.2) is 7.85 Å². The first-order valence-electron chi connectivity index (χ1n) is 12.3. The van der Waals surface area contributed by atoms with E-state index >= 15 is 0 Å². The van der Waals surface area contributed by atoms with E-state index in [-0.39, 0.29) is 17.4 Å². The monoisotopic (exact) mass is 495 g/mol. The minimum atomic E-state index is -2.88. The minimum Gasteiger partial charge on any atom is -0.378 e. The van der Waals surface area contributed by atoms with Crippen molar-refractivity contribution in [3.8, 4) is 0 Å². The molecule has 9 heteroatoms. The summed E-state index contributed by atoms with van der Waals surface area (Å²) in [6, 6.07) is 11.3. The molecule has 0 bridgehead atoms. The summed E-state index contributed by atoms with van der Waals surface area (Å²) in [4.78, 5) is 19.2. The number of methoxy groups -OCH3 is 1. The molecule has 1 aromatic heterocycles. The van der Waals surface area contributed by atoms with Gasteiger partial charge in [-0.15, -0.1) is 0 Å². The Kier molecular flexibility index (Phi) is 6.45. The maximum atomic E-state index is 14.8. The van der Waals surface area contributed by atoms with Gasteiger partial charge in [-0.1, -0.05) is 24.3 Å². The van der Waals surface area contributed by atoms with E-state index in [1.54, 1.807) is 14.0 Å². The SMILES string of the molecule is Bc1cc(N[C@H](C)c2cccc(C(F)F)c2F)c2cc([C@@]3(OC)CCN(C(=O)C4CC4)C3)ccc2n1. The highest BCUT2D eigenvalue weighted by molar-refractivity contribution is 6.31. The van der Waals surface area contributed by atoms with E-state index in [9.17, 15) is 18.0 Å². The smallest absolute Gasteiger partial charge is 0.266 e. The third-order valence-corrected chi connectivity index (χ3v) is 7.46. The number of hydrogen-bond donors (Lipinski definition) is 1. The van der Waals surface area contributed by atoms with Crippen molar-refractivity contribution in [3.63, 3.8) is 0 Å². The van der Waals surface area contributed by atoms with E-state index in [0.29, 0.717) is 19.5 Å². The van der Waals surface area contributed by atoms with Gasteiger partial charge in [-0.3, -0.25) is 9.78 Å². The molecule has 1 saturated heterocycles. The number of fused-ring (bicyclic) bond motifs is 1. The third-order valence-electron chi connectivity index (χ3n) is 7.46. The molecule has 36 heavy (non-hydrogen) atoms. The van der Waals surface area contributed by atoms with Gasteiger partial charge < -0.3 is 15.0 Å². The lowest BCUT2D eigenvalue weighted by Gasteiger charge is -2.29. The number of likely N-dealkylation sites (tertiary alicyclic amines) is 1. The zero-order valence-corrected chi connectivity index (χ0v) is 20.7. The fraction of sp³-hybridized carbons (Fsp3) is 0.407. The molecule has 3 aromatic rings. The predicted octanol–water partition coefficient (Wildman–Crippen LogP) is 4.23. The number of ether oxygens (including phenoxy) is 1. The van der Waals surface area contributed by atoms with Crippen molar-refractivity contribution in [2.45, 2.75) is 44.3 Å². The maximum Gasteiger partial charge on any atom is 0.266 e. The van der Waals surface area contributed by atoms with Crippen molar-refractivity contribution in [3.05, 3.63) is 65.0 Å². The van der Waals surface area contributed by atoms with Crippen LogP contribution in [0.5, 0.6) is 0 Å². The van der Waals surface area contributed by atoms with E-state index in [2.05, 4.69) is 10.3 Å². The largest absolute Gasteiger partial charge is 0.378 e. The van der Waals surface area contributed by atoms with Crippen LogP contribution in [0, 0.1) is 11.7 Å². The van der Waals surface area contributed by atoms with Gasteiger partial charge in [-0.2, -0.15) is 0 Å². The van der Waals surface area contributed by atoms with Gasteiger partial charge in [0, 0.05) is 36.2 Å². The third kappa shape index (κ3) is 4.45. The average molecular weight is 495 g/mol. The number of halogens is 3. The molecule has 188 valence electrons. The zero-order chi connectivity index (χ0) is 25.6. The first-order valence-corrected chi connectivity index (χ1v) is 12.3. The number of hydrogen-bond acceptors (Lipinski definition) is 4. The van der Waals surface area contributed by atoms with Crippen LogP contribution < -0.4 is 10.9 Å². The Hall–Kier alpha value is -3.07. The van der Waals surface area contributed by atoms with Crippen LogP contribution in [0.15, 0.2) is 42.5 Å². The predicted molar refractivity (Wildman–Crippen MR) is 136 cm³/mol. The first kappa shape index (κ1) is 24.6. The summed E-state index contributed by atoms with van der Waals surface area (Å²) in [6.07, 6.45) is -0.265. The molecule has 2 fully saturated rings. The first-order chi connectivity index (χ1) is 17.2. The maximum absolute atomic E-state index is 14.8. The molecule has 0 radical (unpaired) electrons. The van der Waals surface area contributed by atoms with E-state index in [1.165, 1.54) is 12.1 Å². The molecule has 1 saturated carbocycles. The van der Waals surface area contributed by atoms with Crippen molar-refractivity contribution in [1.29, 1.82) is 0 Å². The Morgan fingerprint density at radius 2 is 1.97 bits per heavy atom. The van der Waals surface area contributed by atoms with Crippen LogP contribution in [-0.2, 0) is 15.1 Å². The fourth-order valence-corrected chi connectivity index (χ4v) is 5.22. The molecule has 1 N–H and O–H groups in total. The number of pyridine rings is 1. The van der Waals surface area contributed by atoms with Crippen LogP contribution in [0.3, 0.4) is 0 Å². The number of nitrogens with zero attached hydrogens (tertiary/aromatic N) is 2. The van der Waals surface area contributed by atoms with E-state index < -0.39 is 29.4 Å². The molecule has 1 aliphatic carbocycles. The fourth-order valence-electron chi connectivity index (χ4n) is 5.22. The van der Waals surface area contributed by atoms with Gasteiger partial charge in [0.05, 0.1) is 23.7 Å². The molecule has 2 heterocycles. The second-order valence-corrected chi connectivity index (χ2v) is 9.94. The molecular weight excluding hydrogens is 466 g/mol. The Morgan fingerprint density at radius 3 is 2.67 bits per heavy atom. The molecule has 5 nitrogen and oxygen atoms in total. The molecule has 0 spiro atoms. The number of benzene rings is 2. The number of anilines is 1. The quantitative estimate of drug-likeness (QED) is 0.499. The summed E-state index contributed by atoms with van der Waals surface area (Å²) in [5.74, 6) is -0.535. The summed E-state index contributed by atoms with van der Waals surface area (Å²) >= 11 is 0. The Balaban J connectivity index is 1.49. The van der Waals surface area contributed by atoms with Crippen molar-refractivity contribution < 1.29 is 22.7 Å². The topological polar surface area (TPSA) is 54.5 Å². The number of rotatable bonds is 7. The van der Waals surface area contributed by atoms with Gasteiger partial charge >= 0.3 is 0 Å². The standard InChI is InChI=1S/C27H29BF3N3O2/c1-15(18-4-3-5-19(24(18)29)25(30)31)32-22-13-23(28)33-21-9-8-17(12-20(21)22)27(36-2)10-11-34(14-27)26(35)16-6-7-16/h3-5,8-9,12-13,15-16,25H,6-7,10-11,14,28H2,1-2H3,(H,32,33)/t15-,27-/m1/s1. The van der Waals surface area contributed by atoms with E-state index in [4.69, 9.17) is 4.74 Å². The molecule has 2 aliphatic rings. The number of amides is 1. The molecule has 2 atom stereocenters. The Morgan fingerprint density at radius 1 is 1.22 bits per heavy atom. The second kappa shape index (κ2) is 9.43. The van der Waals surface area contributed by atoms with Gasteiger partial charge in [-0.25, -0.2) is 13.2 Å². The van der Waals surface area contributed by atoms with Crippen LogP contribution >= 0.6 is 0 Å². The average Bonchev–Trinajstić information content (AvgIpc) is 3.61. The number of alkyl halides is 2. The molecule has 5 rings (SSSR count). The highest BCUT2D eigenvalue weighted by Gasteiger charge is 2.45. The summed E-state index contributed by atoms with van der Waals surface area (Å²) < 4.78 is 47.3. The normalized spacial score (nSPS) is 20.8. The Labute approximate surface area is 209 Å². The number of carbonyl (C=O) groups is 1. The highest BCUT2D eigenvalue weighted by atomic mass is 19.3. The summed E-state index contributed by atoms with van der Waals surface area (Å²) in [5, 5.41) is 4.14. The minimum absolute atomic E-state index is 0.155. The van der Waals surface area contributed by atoms with E-state index in [0.717, 1.165) is 46.7 Å². The summed E-state index contributed by atoms with van der Waals surface area (Å²) in [6.45, 7) is 2.89. The summed E-state index contributed by atoms with van der Waals surface area (Å²) in [5.41, 5.74) is 2.14. The van der Waals surface area contributed by atoms with Crippen LogP contribution in [0.25, 0.3) is 10.9 Å².